The van der Waals surface area contributed by atoms with E-state index in [1.807, 2.05) is 29.6 Å². The molecular weight excluding hydrogens is 342 g/mol. The molecule has 2 N–H and O–H groups in total. The third-order valence-corrected chi connectivity index (χ3v) is 5.41. The molecule has 6 heteroatoms. The molecule has 0 unspecified atom stereocenters. The summed E-state index contributed by atoms with van der Waals surface area (Å²) in [5, 5.41) is 16.3. The van der Waals surface area contributed by atoms with Gasteiger partial charge >= 0.3 is 5.97 Å². The van der Waals surface area contributed by atoms with Crippen LogP contribution in [0.1, 0.15) is 32.5 Å². The average Bonchev–Trinajstić information content (AvgIpc) is 3.24. The molecule has 0 aliphatic rings. The molecule has 3 rings (SSSR count). The Labute approximate surface area is 147 Å². The standard InChI is InChI=1S/C18H15NO3S2/c1-2-11-5-7-12(8-6-11)13-10-24-17(15(13)18(21)22)19-16(20)14-4-3-9-23-14/h3-10H,2H2,1H3,(H,19,20)(H,21,22). The predicted octanol–water partition coefficient (Wildman–Crippen LogP) is 4.99. The van der Waals surface area contributed by atoms with E-state index in [0.29, 0.717) is 15.4 Å². The number of amides is 1. The van der Waals surface area contributed by atoms with Gasteiger partial charge in [0.25, 0.3) is 5.91 Å². The Morgan fingerprint density at radius 1 is 1.12 bits per heavy atom. The summed E-state index contributed by atoms with van der Waals surface area (Å²) in [5.41, 5.74) is 2.78. The highest BCUT2D eigenvalue weighted by Gasteiger charge is 2.21. The minimum absolute atomic E-state index is 0.133. The van der Waals surface area contributed by atoms with Crippen LogP contribution in [0.4, 0.5) is 5.00 Å². The van der Waals surface area contributed by atoms with Crippen LogP contribution in [0.15, 0.2) is 47.2 Å². The van der Waals surface area contributed by atoms with Crippen molar-refractivity contribution in [2.75, 3.05) is 5.32 Å². The van der Waals surface area contributed by atoms with E-state index < -0.39 is 5.97 Å². The van der Waals surface area contributed by atoms with Crippen LogP contribution in [0.3, 0.4) is 0 Å². The lowest BCUT2D eigenvalue weighted by Gasteiger charge is -2.06. The van der Waals surface area contributed by atoms with Gasteiger partial charge in [0, 0.05) is 10.9 Å². The summed E-state index contributed by atoms with van der Waals surface area (Å²) in [6, 6.07) is 11.3. The first-order valence-corrected chi connectivity index (χ1v) is 9.15. The lowest BCUT2D eigenvalue weighted by atomic mass is 10.0. The Morgan fingerprint density at radius 3 is 2.46 bits per heavy atom. The fourth-order valence-electron chi connectivity index (χ4n) is 2.37. The molecule has 24 heavy (non-hydrogen) atoms. The van der Waals surface area contributed by atoms with Crippen molar-refractivity contribution in [3.63, 3.8) is 0 Å². The first-order valence-electron chi connectivity index (χ1n) is 7.39. The van der Waals surface area contributed by atoms with E-state index in [4.69, 9.17) is 0 Å². The van der Waals surface area contributed by atoms with Crippen molar-refractivity contribution in [3.8, 4) is 11.1 Å². The van der Waals surface area contributed by atoms with Crippen molar-refractivity contribution in [2.45, 2.75) is 13.3 Å². The first kappa shape index (κ1) is 16.4. The molecule has 0 saturated heterocycles. The number of carboxylic acids is 1. The molecule has 4 nitrogen and oxygen atoms in total. The van der Waals surface area contributed by atoms with Gasteiger partial charge < -0.3 is 10.4 Å². The number of nitrogens with one attached hydrogen (secondary N) is 1. The first-order chi connectivity index (χ1) is 11.6. The molecule has 0 aliphatic carbocycles. The summed E-state index contributed by atoms with van der Waals surface area (Å²) in [6.45, 7) is 2.07. The van der Waals surface area contributed by atoms with Gasteiger partial charge in [-0.1, -0.05) is 37.3 Å². The van der Waals surface area contributed by atoms with Crippen LogP contribution in [0, 0.1) is 0 Å². The van der Waals surface area contributed by atoms with Gasteiger partial charge in [0.05, 0.1) is 4.88 Å². The summed E-state index contributed by atoms with van der Waals surface area (Å²) in [4.78, 5) is 24.5. The highest BCUT2D eigenvalue weighted by Crippen LogP contribution is 2.36. The molecule has 0 saturated carbocycles. The highest BCUT2D eigenvalue weighted by molar-refractivity contribution is 7.15. The number of carbonyl (C=O) groups is 2. The lowest BCUT2D eigenvalue weighted by molar-refractivity contribution is 0.0699. The molecule has 0 aliphatic heterocycles. The second-order valence-corrected chi connectivity index (χ2v) is 6.97. The van der Waals surface area contributed by atoms with E-state index in [1.54, 1.807) is 17.5 Å². The second-order valence-electron chi connectivity index (χ2n) is 5.14. The molecule has 2 aromatic heterocycles. The maximum absolute atomic E-state index is 12.2. The molecule has 0 atom stereocenters. The Morgan fingerprint density at radius 2 is 1.88 bits per heavy atom. The third kappa shape index (κ3) is 3.25. The van der Waals surface area contributed by atoms with Crippen LogP contribution in [-0.4, -0.2) is 17.0 Å². The largest absolute Gasteiger partial charge is 0.478 e. The summed E-state index contributed by atoms with van der Waals surface area (Å²) < 4.78 is 0. The minimum Gasteiger partial charge on any atom is -0.478 e. The fraction of sp³-hybridized carbons (Fsp3) is 0.111. The number of rotatable bonds is 5. The van der Waals surface area contributed by atoms with E-state index in [1.165, 1.54) is 28.2 Å². The summed E-state index contributed by atoms with van der Waals surface area (Å²) in [5.74, 6) is -1.34. The normalized spacial score (nSPS) is 10.5. The third-order valence-electron chi connectivity index (χ3n) is 3.65. The number of aryl methyl sites for hydroxylation is 1. The number of carbonyl (C=O) groups excluding carboxylic acids is 1. The summed E-state index contributed by atoms with van der Waals surface area (Å²) in [6.07, 6.45) is 0.928. The van der Waals surface area contributed by atoms with Crippen LogP contribution < -0.4 is 5.32 Å². The molecule has 3 aromatic rings. The molecule has 122 valence electrons. The number of carboxylic acid groups (broad SMARTS) is 1. The monoisotopic (exact) mass is 357 g/mol. The van der Waals surface area contributed by atoms with E-state index in [9.17, 15) is 14.7 Å². The lowest BCUT2D eigenvalue weighted by Crippen LogP contribution is -2.12. The van der Waals surface area contributed by atoms with Gasteiger partial charge in [0.1, 0.15) is 10.6 Å². The smallest absolute Gasteiger partial charge is 0.339 e. The number of benzene rings is 1. The Kier molecular flexibility index (Phi) is 4.78. The molecule has 0 radical (unpaired) electrons. The summed E-state index contributed by atoms with van der Waals surface area (Å²) in [7, 11) is 0. The number of thiophene rings is 2. The zero-order valence-corrected chi connectivity index (χ0v) is 14.5. The van der Waals surface area contributed by atoms with Crippen molar-refractivity contribution < 1.29 is 14.7 Å². The Bertz CT molecular complexity index is 864. The summed E-state index contributed by atoms with van der Waals surface area (Å²) >= 11 is 2.54. The van der Waals surface area contributed by atoms with Crippen molar-refractivity contribution in [2.24, 2.45) is 0 Å². The van der Waals surface area contributed by atoms with E-state index in [-0.39, 0.29) is 11.5 Å². The molecule has 0 spiro atoms. The quantitative estimate of drug-likeness (QED) is 0.676. The van der Waals surface area contributed by atoms with Gasteiger partial charge in [0.2, 0.25) is 0 Å². The second kappa shape index (κ2) is 6.98. The minimum atomic E-state index is -1.05. The molecule has 2 heterocycles. The van der Waals surface area contributed by atoms with Crippen LogP contribution in [0.5, 0.6) is 0 Å². The maximum atomic E-state index is 12.2. The molecule has 0 bridgehead atoms. The maximum Gasteiger partial charge on any atom is 0.339 e. The van der Waals surface area contributed by atoms with E-state index in [2.05, 4.69) is 12.2 Å². The molecule has 0 fully saturated rings. The number of hydrogen-bond acceptors (Lipinski definition) is 4. The number of anilines is 1. The highest BCUT2D eigenvalue weighted by atomic mass is 32.1. The van der Waals surface area contributed by atoms with E-state index >= 15 is 0 Å². The van der Waals surface area contributed by atoms with Gasteiger partial charge in [-0.2, -0.15) is 0 Å². The van der Waals surface area contributed by atoms with Crippen molar-refractivity contribution in [3.05, 3.63) is 63.2 Å². The zero-order chi connectivity index (χ0) is 17.1. The van der Waals surface area contributed by atoms with Crippen molar-refractivity contribution in [1.29, 1.82) is 0 Å². The van der Waals surface area contributed by atoms with Crippen LogP contribution in [0.25, 0.3) is 11.1 Å². The fourth-order valence-corrected chi connectivity index (χ4v) is 3.94. The molecular formula is C18H15NO3S2. The van der Waals surface area contributed by atoms with Gasteiger partial charge in [-0.15, -0.1) is 22.7 Å². The zero-order valence-electron chi connectivity index (χ0n) is 12.9. The van der Waals surface area contributed by atoms with Gasteiger partial charge in [-0.05, 0) is 29.0 Å². The van der Waals surface area contributed by atoms with Gasteiger partial charge in [-0.25, -0.2) is 4.79 Å². The molecule has 1 amide bonds. The van der Waals surface area contributed by atoms with Gasteiger partial charge in [0.15, 0.2) is 0 Å². The van der Waals surface area contributed by atoms with Gasteiger partial charge in [-0.3, -0.25) is 4.79 Å². The van der Waals surface area contributed by atoms with Crippen molar-refractivity contribution in [1.82, 2.24) is 0 Å². The number of aromatic carboxylic acids is 1. The van der Waals surface area contributed by atoms with E-state index in [0.717, 1.165) is 12.0 Å². The topological polar surface area (TPSA) is 66.4 Å². The van der Waals surface area contributed by atoms with Crippen LogP contribution in [-0.2, 0) is 6.42 Å². The average molecular weight is 357 g/mol. The molecule has 1 aromatic carbocycles. The Balaban J connectivity index is 1.95. The van der Waals surface area contributed by atoms with Crippen LogP contribution >= 0.6 is 22.7 Å². The Hall–Kier alpha value is -2.44. The van der Waals surface area contributed by atoms with Crippen LogP contribution in [0.2, 0.25) is 0 Å². The number of hydrogen-bond donors (Lipinski definition) is 2. The predicted molar refractivity (Wildman–Crippen MR) is 98.4 cm³/mol. The SMILES string of the molecule is CCc1ccc(-c2csc(NC(=O)c3cccs3)c2C(=O)O)cc1. The van der Waals surface area contributed by atoms with Crippen molar-refractivity contribution >= 4 is 39.6 Å².